The number of rotatable bonds is 2. The normalized spacial score (nSPS) is 14.5. The average molecular weight is 440 g/mol. The Labute approximate surface area is 180 Å². The Hall–Kier alpha value is -3.68. The van der Waals surface area contributed by atoms with Crippen LogP contribution in [0.2, 0.25) is 0 Å². The molecule has 2 heterocycles. The molecule has 8 heteroatoms. The molecule has 0 atom stereocenters. The predicted octanol–water partition coefficient (Wildman–Crippen LogP) is 4.65. The van der Waals surface area contributed by atoms with Crippen molar-refractivity contribution in [1.29, 1.82) is 0 Å². The van der Waals surface area contributed by atoms with E-state index in [1.165, 1.54) is 34.1 Å². The molecule has 2 aliphatic heterocycles. The number of amides is 2. The van der Waals surface area contributed by atoms with E-state index in [0.29, 0.717) is 0 Å². The van der Waals surface area contributed by atoms with Crippen molar-refractivity contribution in [2.24, 2.45) is 0 Å². The minimum atomic E-state index is -0.781. The Kier molecular flexibility index (Phi) is 4.73. The van der Waals surface area contributed by atoms with E-state index in [0.717, 1.165) is 24.3 Å². The van der Waals surface area contributed by atoms with Gasteiger partial charge in [0.1, 0.15) is 23.3 Å². The summed E-state index contributed by atoms with van der Waals surface area (Å²) in [7, 11) is 0. The molecule has 0 saturated carbocycles. The molecule has 0 aliphatic carbocycles. The molecule has 0 unspecified atom stereocenters. The quantitative estimate of drug-likeness (QED) is 0.545. The molecule has 0 fully saturated rings. The van der Waals surface area contributed by atoms with E-state index in [4.69, 9.17) is 0 Å². The van der Waals surface area contributed by atoms with Crippen LogP contribution >= 0.6 is 0 Å². The number of carbonyl (C=O) groups excluding carboxylic acids is 2. The SMILES string of the molecule is O=C(c1cccc(C(=O)N2CCc3c(F)cc(F)cc32)c1)N1CCc2c(F)cc(F)cc21. The molecule has 4 nitrogen and oxygen atoms in total. The van der Waals surface area contributed by atoms with Crippen molar-refractivity contribution in [2.45, 2.75) is 12.8 Å². The summed E-state index contributed by atoms with van der Waals surface area (Å²) in [5.74, 6) is -3.96. The second-order valence-corrected chi connectivity index (χ2v) is 7.76. The summed E-state index contributed by atoms with van der Waals surface area (Å²) in [5, 5.41) is 0. The van der Waals surface area contributed by atoms with Gasteiger partial charge in [-0.1, -0.05) is 6.07 Å². The summed E-state index contributed by atoms with van der Waals surface area (Å²) in [6, 6.07) is 9.70. The molecule has 2 amide bonds. The van der Waals surface area contributed by atoms with Gasteiger partial charge in [0.05, 0.1) is 11.4 Å². The summed E-state index contributed by atoms with van der Waals surface area (Å²) in [4.78, 5) is 28.7. The maximum absolute atomic E-state index is 14.0. The van der Waals surface area contributed by atoms with E-state index >= 15 is 0 Å². The van der Waals surface area contributed by atoms with Crippen molar-refractivity contribution >= 4 is 23.2 Å². The molecule has 0 spiro atoms. The molecule has 162 valence electrons. The van der Waals surface area contributed by atoms with Crippen LogP contribution in [0.3, 0.4) is 0 Å². The first kappa shape index (κ1) is 20.2. The first-order chi connectivity index (χ1) is 15.3. The van der Waals surface area contributed by atoms with Crippen molar-refractivity contribution < 1.29 is 27.2 Å². The lowest BCUT2D eigenvalue weighted by molar-refractivity contribution is 0.0988. The number of fused-ring (bicyclic) bond motifs is 2. The molecule has 32 heavy (non-hydrogen) atoms. The van der Waals surface area contributed by atoms with Gasteiger partial charge in [0.25, 0.3) is 11.8 Å². The number of hydrogen-bond acceptors (Lipinski definition) is 2. The molecular weight excluding hydrogens is 424 g/mol. The predicted molar refractivity (Wildman–Crippen MR) is 110 cm³/mol. The lowest BCUT2D eigenvalue weighted by Crippen LogP contribution is -2.31. The van der Waals surface area contributed by atoms with Gasteiger partial charge in [-0.3, -0.25) is 9.59 Å². The first-order valence-corrected chi connectivity index (χ1v) is 10.0. The second kappa shape index (κ2) is 7.47. The standard InChI is InChI=1S/C24H16F4N2O2/c25-15-9-19(27)17-4-6-29(21(17)11-15)23(31)13-2-1-3-14(8-13)24(32)30-7-5-18-20(28)10-16(26)12-22(18)30/h1-3,8-12H,4-7H2. The Morgan fingerprint density at radius 3 is 1.53 bits per heavy atom. The fourth-order valence-electron chi connectivity index (χ4n) is 4.36. The highest BCUT2D eigenvalue weighted by atomic mass is 19.1. The monoisotopic (exact) mass is 440 g/mol. The van der Waals surface area contributed by atoms with Gasteiger partial charge >= 0.3 is 0 Å². The van der Waals surface area contributed by atoms with E-state index in [1.54, 1.807) is 0 Å². The maximum atomic E-state index is 14.0. The van der Waals surface area contributed by atoms with Gasteiger partial charge in [0.15, 0.2) is 0 Å². The van der Waals surface area contributed by atoms with Crippen molar-refractivity contribution in [1.82, 2.24) is 0 Å². The number of hydrogen-bond donors (Lipinski definition) is 0. The summed E-state index contributed by atoms with van der Waals surface area (Å²) in [6.07, 6.45) is 0.515. The number of benzene rings is 3. The van der Waals surface area contributed by atoms with E-state index in [1.807, 2.05) is 0 Å². The van der Waals surface area contributed by atoms with Crippen LogP contribution in [0.15, 0.2) is 48.5 Å². The molecule has 3 aromatic carbocycles. The topological polar surface area (TPSA) is 40.6 Å². The lowest BCUT2D eigenvalue weighted by Gasteiger charge is -2.20. The molecule has 0 saturated heterocycles. The van der Waals surface area contributed by atoms with Crippen molar-refractivity contribution in [3.05, 3.63) is 94.1 Å². The van der Waals surface area contributed by atoms with Gasteiger partial charge < -0.3 is 9.80 Å². The molecule has 5 rings (SSSR count). The van der Waals surface area contributed by atoms with Crippen LogP contribution in [0.25, 0.3) is 0 Å². The fraction of sp³-hybridized carbons (Fsp3) is 0.167. The van der Waals surface area contributed by atoms with E-state index in [9.17, 15) is 27.2 Å². The zero-order valence-corrected chi connectivity index (χ0v) is 16.7. The lowest BCUT2D eigenvalue weighted by atomic mass is 10.1. The smallest absolute Gasteiger partial charge is 0.258 e. The van der Waals surface area contributed by atoms with Crippen LogP contribution in [-0.2, 0) is 12.8 Å². The van der Waals surface area contributed by atoms with Gasteiger partial charge in [0, 0.05) is 47.5 Å². The number of halogens is 4. The largest absolute Gasteiger partial charge is 0.308 e. The molecule has 0 aromatic heterocycles. The minimum Gasteiger partial charge on any atom is -0.308 e. The zero-order valence-electron chi connectivity index (χ0n) is 16.7. The average Bonchev–Trinajstić information content (AvgIpc) is 3.37. The Bertz CT molecular complexity index is 1200. The van der Waals surface area contributed by atoms with E-state index in [2.05, 4.69) is 0 Å². The van der Waals surface area contributed by atoms with Crippen molar-refractivity contribution in [2.75, 3.05) is 22.9 Å². The highest BCUT2D eigenvalue weighted by Gasteiger charge is 2.31. The third-order valence-corrected chi connectivity index (χ3v) is 5.87. The number of anilines is 2. The summed E-state index contributed by atoms with van der Waals surface area (Å²) in [6.45, 7) is 0.371. The molecule has 0 bridgehead atoms. The summed E-state index contributed by atoms with van der Waals surface area (Å²) < 4.78 is 55.5. The van der Waals surface area contributed by atoms with Gasteiger partial charge in [-0.25, -0.2) is 17.6 Å². The summed E-state index contributed by atoms with van der Waals surface area (Å²) >= 11 is 0. The first-order valence-electron chi connectivity index (χ1n) is 10.0. The minimum absolute atomic E-state index is 0.165. The van der Waals surface area contributed by atoms with Gasteiger partial charge in [-0.2, -0.15) is 0 Å². The van der Waals surface area contributed by atoms with Gasteiger partial charge in [-0.05, 0) is 43.2 Å². The Morgan fingerprint density at radius 2 is 1.09 bits per heavy atom. The third kappa shape index (κ3) is 3.23. The maximum Gasteiger partial charge on any atom is 0.258 e. The van der Waals surface area contributed by atoms with Crippen LogP contribution in [0.5, 0.6) is 0 Å². The molecule has 0 N–H and O–H groups in total. The van der Waals surface area contributed by atoms with Crippen LogP contribution in [-0.4, -0.2) is 24.9 Å². The Balaban J connectivity index is 1.45. The molecule has 0 radical (unpaired) electrons. The van der Waals surface area contributed by atoms with Crippen LogP contribution in [0.1, 0.15) is 31.8 Å². The molecule has 3 aromatic rings. The highest BCUT2D eigenvalue weighted by molar-refractivity contribution is 6.11. The fourth-order valence-corrected chi connectivity index (χ4v) is 4.36. The number of nitrogens with zero attached hydrogens (tertiary/aromatic N) is 2. The second-order valence-electron chi connectivity index (χ2n) is 7.76. The van der Waals surface area contributed by atoms with Crippen LogP contribution < -0.4 is 9.80 Å². The van der Waals surface area contributed by atoms with Crippen LogP contribution in [0, 0.1) is 23.3 Å². The number of carbonyl (C=O) groups is 2. The van der Waals surface area contributed by atoms with Crippen molar-refractivity contribution in [3.8, 4) is 0 Å². The molecular formula is C24H16F4N2O2. The van der Waals surface area contributed by atoms with Crippen molar-refractivity contribution in [3.63, 3.8) is 0 Å². The molecule has 2 aliphatic rings. The highest BCUT2D eigenvalue weighted by Crippen LogP contribution is 2.34. The van der Waals surface area contributed by atoms with E-state index < -0.39 is 35.1 Å². The van der Waals surface area contributed by atoms with E-state index in [-0.39, 0.29) is 59.6 Å². The van der Waals surface area contributed by atoms with Gasteiger partial charge in [-0.15, -0.1) is 0 Å². The summed E-state index contributed by atoms with van der Waals surface area (Å²) in [5.41, 5.74) is 1.21. The third-order valence-electron chi connectivity index (χ3n) is 5.87. The van der Waals surface area contributed by atoms with Gasteiger partial charge in [0.2, 0.25) is 0 Å². The zero-order chi connectivity index (χ0) is 22.6. The Morgan fingerprint density at radius 1 is 0.656 bits per heavy atom. The van der Waals surface area contributed by atoms with Crippen LogP contribution in [0.4, 0.5) is 28.9 Å².